The van der Waals surface area contributed by atoms with Gasteiger partial charge in [-0.15, -0.1) is 0 Å². The Morgan fingerprint density at radius 1 is 1.05 bits per heavy atom. The zero-order valence-electron chi connectivity index (χ0n) is 13.1. The summed E-state index contributed by atoms with van der Waals surface area (Å²) in [6, 6.07) is 0. The molecule has 4 nitrogen and oxygen atoms in total. The van der Waals surface area contributed by atoms with Gasteiger partial charge in [0.2, 0.25) is 6.33 Å². The largest absolute Gasteiger partial charge is 0.463 e. The molecule has 0 aliphatic carbocycles. The lowest BCUT2D eigenvalue weighted by atomic mass is 10.1. The molecule has 0 saturated carbocycles. The fourth-order valence-corrected chi connectivity index (χ4v) is 2.33. The van der Waals surface area contributed by atoms with Crippen LogP contribution in [-0.2, 0) is 16.1 Å². The van der Waals surface area contributed by atoms with Gasteiger partial charge in [0.15, 0.2) is 0 Å². The normalized spacial score (nSPS) is 10.5. The van der Waals surface area contributed by atoms with E-state index in [-0.39, 0.29) is 5.97 Å². The first-order chi connectivity index (χ1) is 10.3. The molecule has 21 heavy (non-hydrogen) atoms. The molecule has 118 valence electrons. The molecule has 1 heterocycles. The second-order valence-electron chi connectivity index (χ2n) is 5.40. The summed E-state index contributed by atoms with van der Waals surface area (Å²) in [4.78, 5) is 13.9. The van der Waals surface area contributed by atoms with Crippen LogP contribution in [0.4, 0.5) is 0 Å². The zero-order valence-corrected chi connectivity index (χ0v) is 13.1. The van der Waals surface area contributed by atoms with Gasteiger partial charge in [0.1, 0.15) is 12.4 Å². The molecular formula is C17H29N2O2+. The summed E-state index contributed by atoms with van der Waals surface area (Å²) >= 11 is 0. The van der Waals surface area contributed by atoms with Crippen molar-refractivity contribution in [1.29, 1.82) is 0 Å². The van der Waals surface area contributed by atoms with E-state index in [0.29, 0.717) is 6.61 Å². The Morgan fingerprint density at radius 3 is 2.24 bits per heavy atom. The Hall–Kier alpha value is -1.58. The van der Waals surface area contributed by atoms with Gasteiger partial charge in [-0.3, -0.25) is 4.98 Å². The molecule has 0 spiro atoms. The van der Waals surface area contributed by atoms with Crippen LogP contribution >= 0.6 is 0 Å². The lowest BCUT2D eigenvalue weighted by molar-refractivity contribution is -0.696. The molecule has 4 heteroatoms. The van der Waals surface area contributed by atoms with E-state index in [2.05, 4.69) is 22.3 Å². The van der Waals surface area contributed by atoms with Gasteiger partial charge in [0, 0.05) is 6.08 Å². The number of hydrogen-bond acceptors (Lipinski definition) is 2. The zero-order chi connectivity index (χ0) is 15.2. The topological polar surface area (TPSA) is 46.0 Å². The number of nitrogens with zero attached hydrogens (tertiary/aromatic N) is 1. The molecule has 0 amide bonds. The van der Waals surface area contributed by atoms with Crippen LogP contribution in [0.25, 0.3) is 0 Å². The monoisotopic (exact) mass is 293 g/mol. The number of nitrogens with one attached hydrogen (secondary N) is 1. The maximum atomic E-state index is 10.8. The summed E-state index contributed by atoms with van der Waals surface area (Å²) in [5.41, 5.74) is 0. The van der Waals surface area contributed by atoms with Crippen LogP contribution in [0.2, 0.25) is 0 Å². The van der Waals surface area contributed by atoms with Crippen LogP contribution in [0.15, 0.2) is 31.4 Å². The van der Waals surface area contributed by atoms with Crippen molar-refractivity contribution in [1.82, 2.24) is 4.98 Å². The van der Waals surface area contributed by atoms with E-state index in [4.69, 9.17) is 4.74 Å². The van der Waals surface area contributed by atoms with Crippen LogP contribution < -0.4 is 4.57 Å². The molecule has 0 aliphatic rings. The summed E-state index contributed by atoms with van der Waals surface area (Å²) in [6.45, 7) is 5.02. The van der Waals surface area contributed by atoms with Crippen molar-refractivity contribution in [3.63, 3.8) is 0 Å². The molecule has 1 aromatic rings. The standard InChI is InChI=1S/C17H28N2O2/c1-2-17(20)21-15-11-9-7-5-3-4-6-8-10-13-19-14-12-18-16-19/h2,12,14,16H,1,3-11,13,15H2/p+1. The molecule has 0 aliphatic heterocycles. The highest BCUT2D eigenvalue weighted by Gasteiger charge is 1.98. The first-order valence-electron chi connectivity index (χ1n) is 8.14. The summed E-state index contributed by atoms with van der Waals surface area (Å²) in [5, 5.41) is 0. The Balaban J connectivity index is 1.74. The second-order valence-corrected chi connectivity index (χ2v) is 5.40. The highest BCUT2D eigenvalue weighted by Crippen LogP contribution is 2.09. The van der Waals surface area contributed by atoms with E-state index >= 15 is 0 Å². The Labute approximate surface area is 128 Å². The van der Waals surface area contributed by atoms with Gasteiger partial charge in [0.25, 0.3) is 0 Å². The molecule has 0 fully saturated rings. The third-order valence-electron chi connectivity index (χ3n) is 3.57. The molecule has 1 aromatic heterocycles. The van der Waals surface area contributed by atoms with Crippen LogP contribution in [0, 0.1) is 0 Å². The summed E-state index contributed by atoms with van der Waals surface area (Å²) < 4.78 is 7.13. The summed E-state index contributed by atoms with van der Waals surface area (Å²) in [5.74, 6) is -0.312. The second kappa shape index (κ2) is 12.2. The number of unbranched alkanes of at least 4 members (excludes halogenated alkanes) is 8. The predicted octanol–water partition coefficient (Wildman–Crippen LogP) is 3.54. The molecule has 0 radical (unpaired) electrons. The number of esters is 1. The molecule has 0 aromatic carbocycles. The van der Waals surface area contributed by atoms with Crippen LogP contribution in [0.5, 0.6) is 0 Å². The third kappa shape index (κ3) is 9.88. The molecule has 0 saturated heterocycles. The van der Waals surface area contributed by atoms with Gasteiger partial charge in [-0.2, -0.15) is 0 Å². The van der Waals surface area contributed by atoms with E-state index in [1.807, 2.05) is 12.5 Å². The molecule has 1 N–H and O–H groups in total. The number of imidazole rings is 1. The highest BCUT2D eigenvalue weighted by atomic mass is 16.5. The predicted molar refractivity (Wildman–Crippen MR) is 83.7 cm³/mol. The maximum absolute atomic E-state index is 10.8. The van der Waals surface area contributed by atoms with Crippen molar-refractivity contribution in [2.45, 2.75) is 64.3 Å². The quantitative estimate of drug-likeness (QED) is 0.262. The molecule has 0 atom stereocenters. The summed E-state index contributed by atoms with van der Waals surface area (Å²) in [7, 11) is 0. The Bertz CT molecular complexity index is 374. The van der Waals surface area contributed by atoms with Crippen molar-refractivity contribution in [3.05, 3.63) is 31.4 Å². The minimum Gasteiger partial charge on any atom is -0.463 e. The van der Waals surface area contributed by atoms with Gasteiger partial charge >= 0.3 is 5.97 Å². The van der Waals surface area contributed by atoms with Crippen molar-refractivity contribution in [2.75, 3.05) is 6.61 Å². The van der Waals surface area contributed by atoms with Crippen molar-refractivity contribution in [3.8, 4) is 0 Å². The minimum absolute atomic E-state index is 0.312. The van der Waals surface area contributed by atoms with Crippen molar-refractivity contribution < 1.29 is 14.1 Å². The molecule has 0 unspecified atom stereocenters. The van der Waals surface area contributed by atoms with Gasteiger partial charge in [-0.05, 0) is 19.3 Å². The summed E-state index contributed by atoms with van der Waals surface area (Å²) in [6.07, 6.45) is 18.5. The Morgan fingerprint density at radius 2 is 1.67 bits per heavy atom. The SMILES string of the molecule is C=CC(=O)OCCCCCCCCCCC[n+]1cc[nH]c1. The number of aryl methyl sites for hydroxylation is 1. The van der Waals surface area contributed by atoms with E-state index in [9.17, 15) is 4.79 Å². The van der Waals surface area contributed by atoms with Gasteiger partial charge in [-0.1, -0.05) is 45.1 Å². The van der Waals surface area contributed by atoms with Crippen molar-refractivity contribution >= 4 is 5.97 Å². The first kappa shape index (κ1) is 17.5. The first-order valence-corrected chi connectivity index (χ1v) is 8.14. The van der Waals surface area contributed by atoms with Crippen LogP contribution in [-0.4, -0.2) is 17.6 Å². The van der Waals surface area contributed by atoms with E-state index in [0.717, 1.165) is 19.4 Å². The lowest BCUT2D eigenvalue weighted by Crippen LogP contribution is -2.30. The smallest absolute Gasteiger partial charge is 0.330 e. The number of H-pyrrole nitrogens is 1. The van der Waals surface area contributed by atoms with E-state index in [1.165, 1.54) is 51.0 Å². The highest BCUT2D eigenvalue weighted by molar-refractivity contribution is 5.81. The average Bonchev–Trinajstić information content (AvgIpc) is 3.01. The fourth-order valence-electron chi connectivity index (χ4n) is 2.33. The van der Waals surface area contributed by atoms with E-state index < -0.39 is 0 Å². The number of rotatable bonds is 13. The number of carbonyl (C=O) groups excluding carboxylic acids is 1. The average molecular weight is 293 g/mol. The number of carbonyl (C=O) groups is 1. The molecule has 0 bridgehead atoms. The third-order valence-corrected chi connectivity index (χ3v) is 3.57. The van der Waals surface area contributed by atoms with Gasteiger partial charge in [-0.25, -0.2) is 9.36 Å². The maximum Gasteiger partial charge on any atom is 0.330 e. The number of ether oxygens (including phenoxy) is 1. The number of aromatic amines is 1. The number of hydrogen-bond donors (Lipinski definition) is 1. The lowest BCUT2D eigenvalue weighted by Gasteiger charge is -2.03. The minimum atomic E-state index is -0.312. The fraction of sp³-hybridized carbons (Fsp3) is 0.647. The van der Waals surface area contributed by atoms with E-state index in [1.54, 1.807) is 0 Å². The molecule has 1 rings (SSSR count). The van der Waals surface area contributed by atoms with Crippen LogP contribution in [0.1, 0.15) is 57.8 Å². The van der Waals surface area contributed by atoms with Crippen LogP contribution in [0.3, 0.4) is 0 Å². The Kier molecular flexibility index (Phi) is 10.1. The molecular weight excluding hydrogens is 264 g/mol. The van der Waals surface area contributed by atoms with Gasteiger partial charge in [0.05, 0.1) is 13.2 Å². The number of aromatic nitrogens is 2. The van der Waals surface area contributed by atoms with Crippen molar-refractivity contribution in [2.24, 2.45) is 0 Å². The van der Waals surface area contributed by atoms with Gasteiger partial charge < -0.3 is 4.74 Å².